The molecule has 0 spiro atoms. The molecule has 0 radical (unpaired) electrons. The zero-order valence-corrected chi connectivity index (χ0v) is 19.9. The number of hydrogen-bond acceptors (Lipinski definition) is 6. The van der Waals surface area contributed by atoms with Gasteiger partial charge >= 0.3 is 0 Å². The van der Waals surface area contributed by atoms with Crippen LogP contribution in [0, 0.1) is 13.8 Å². The van der Waals surface area contributed by atoms with Gasteiger partial charge in [0.2, 0.25) is 0 Å². The Morgan fingerprint density at radius 3 is 2.29 bits per heavy atom. The highest BCUT2D eigenvalue weighted by Gasteiger charge is 2.23. The van der Waals surface area contributed by atoms with Gasteiger partial charge in [0, 0.05) is 43.0 Å². The number of methoxy groups -OCH3 is 1. The predicted octanol–water partition coefficient (Wildman–Crippen LogP) is 3.83. The third-order valence-electron chi connectivity index (χ3n) is 5.04. The van der Waals surface area contributed by atoms with Crippen LogP contribution in [0.15, 0.2) is 18.2 Å². The van der Waals surface area contributed by atoms with Gasteiger partial charge in [-0.15, -0.1) is 0 Å². The van der Waals surface area contributed by atoms with Crippen molar-refractivity contribution in [2.24, 2.45) is 0 Å². The first-order valence-corrected chi connectivity index (χ1v) is 10.9. The van der Waals surface area contributed by atoms with Gasteiger partial charge in [0.15, 0.2) is 17.3 Å². The molecule has 166 valence electrons. The smallest absolute Gasteiger partial charge is 0.163 e. The minimum atomic E-state index is 0.419. The molecular formula is C23H29N3O4S. The summed E-state index contributed by atoms with van der Waals surface area (Å²) < 4.78 is 29.4. The van der Waals surface area contributed by atoms with Crippen LogP contribution in [-0.4, -0.2) is 53.5 Å². The van der Waals surface area contributed by atoms with Crippen LogP contribution in [0.3, 0.4) is 0 Å². The molecule has 0 unspecified atom stereocenters. The van der Waals surface area contributed by atoms with Crippen LogP contribution in [0.1, 0.15) is 36.4 Å². The summed E-state index contributed by atoms with van der Waals surface area (Å²) >= 11 is 0.419. The van der Waals surface area contributed by atoms with E-state index in [4.69, 9.17) is 19.2 Å². The maximum Gasteiger partial charge on any atom is 0.163 e. The van der Waals surface area contributed by atoms with Gasteiger partial charge in [0.1, 0.15) is 21.9 Å². The van der Waals surface area contributed by atoms with E-state index < -0.39 is 0 Å². The molecule has 1 aromatic heterocycles. The molecule has 31 heavy (non-hydrogen) atoms. The Balaban J connectivity index is 2.23. The van der Waals surface area contributed by atoms with Gasteiger partial charge in [-0.05, 0) is 39.3 Å². The number of H-pyrrole nitrogens is 1. The lowest BCUT2D eigenvalue weighted by Gasteiger charge is -2.22. The third kappa shape index (κ3) is 4.25. The number of benzene rings is 2. The van der Waals surface area contributed by atoms with E-state index in [1.54, 1.807) is 7.11 Å². The summed E-state index contributed by atoms with van der Waals surface area (Å²) in [5.74, 6) is 2.54. The first kappa shape index (κ1) is 22.7. The summed E-state index contributed by atoms with van der Waals surface area (Å²) in [6.45, 7) is 8.85. The van der Waals surface area contributed by atoms with E-state index in [2.05, 4.69) is 4.98 Å². The maximum absolute atomic E-state index is 12.4. The Morgan fingerprint density at radius 1 is 1.10 bits per heavy atom. The third-order valence-corrected chi connectivity index (χ3v) is 5.61. The fourth-order valence-corrected chi connectivity index (χ4v) is 4.28. The second-order valence-corrected chi connectivity index (χ2v) is 7.90. The summed E-state index contributed by atoms with van der Waals surface area (Å²) in [5, 5.41) is 0. The second-order valence-electron chi connectivity index (χ2n) is 7.32. The Morgan fingerprint density at radius 2 is 1.74 bits per heavy atom. The van der Waals surface area contributed by atoms with Crippen molar-refractivity contribution < 1.29 is 18.4 Å². The van der Waals surface area contributed by atoms with Gasteiger partial charge < -0.3 is 24.1 Å². The number of fused-ring (bicyclic) bond motifs is 1. The largest absolute Gasteiger partial charge is 0.496 e. The quantitative estimate of drug-likeness (QED) is 0.421. The number of aryl methyl sites for hydroxylation is 1. The van der Waals surface area contributed by atoms with Crippen LogP contribution in [0.2, 0.25) is 0 Å². The Labute approximate surface area is 186 Å². The molecular weight excluding hydrogens is 414 g/mol. The number of nitrogens with one attached hydrogen (secondary N) is 1. The number of hydrogen-bond donors (Lipinski definition) is 1. The summed E-state index contributed by atoms with van der Waals surface area (Å²) in [7, 11) is 5.56. The van der Waals surface area contributed by atoms with Crippen LogP contribution in [0.4, 0.5) is 5.69 Å². The zero-order chi connectivity index (χ0) is 22.7. The molecule has 0 amide bonds. The van der Waals surface area contributed by atoms with Crippen LogP contribution >= 0.6 is 0 Å². The van der Waals surface area contributed by atoms with Crippen molar-refractivity contribution in [2.75, 3.05) is 39.3 Å². The molecule has 0 fully saturated rings. The van der Waals surface area contributed by atoms with Crippen molar-refractivity contribution in [1.29, 1.82) is 0 Å². The molecule has 0 bridgehead atoms. The molecule has 3 aromatic rings. The van der Waals surface area contributed by atoms with E-state index in [1.165, 1.54) is 0 Å². The van der Waals surface area contributed by atoms with Gasteiger partial charge in [-0.3, -0.25) is 0 Å². The fraction of sp³-hybridized carbons (Fsp3) is 0.391. The number of imidazole rings is 1. The standard InChI is InChI=1S/C23H29N3O4S/c1-8-29-18-11-15-16(12-19(18)30-9-2)25-23(24-15)22(31-27)20-14(4)21(28-7)13(3)10-17(20)26(5)6/h10-12H,8-9H2,1-7H3,(H,24,25). The molecule has 3 rings (SSSR count). The number of ether oxygens (including phenoxy) is 3. The monoisotopic (exact) mass is 443 g/mol. The van der Waals surface area contributed by atoms with Gasteiger partial charge in [-0.2, -0.15) is 0 Å². The second kappa shape index (κ2) is 9.43. The number of nitrogens with zero attached hydrogens (tertiary/aromatic N) is 2. The molecule has 1 heterocycles. The average Bonchev–Trinajstić information content (AvgIpc) is 3.13. The van der Waals surface area contributed by atoms with Crippen molar-refractivity contribution in [3.05, 3.63) is 40.7 Å². The Kier molecular flexibility index (Phi) is 6.90. The lowest BCUT2D eigenvalue weighted by Crippen LogP contribution is -2.18. The highest BCUT2D eigenvalue weighted by molar-refractivity contribution is 7.67. The lowest BCUT2D eigenvalue weighted by molar-refractivity contribution is 0.288. The zero-order valence-electron chi connectivity index (χ0n) is 19.1. The van der Waals surface area contributed by atoms with E-state index in [9.17, 15) is 4.21 Å². The number of anilines is 1. The van der Waals surface area contributed by atoms with Gasteiger partial charge in [0.05, 0.1) is 31.4 Å². The summed E-state index contributed by atoms with van der Waals surface area (Å²) in [6, 6.07) is 5.73. The molecule has 7 nitrogen and oxygen atoms in total. The first-order chi connectivity index (χ1) is 14.9. The lowest BCUT2D eigenvalue weighted by atomic mass is 9.98. The Hall–Kier alpha value is -3.00. The van der Waals surface area contributed by atoms with E-state index in [0.29, 0.717) is 52.2 Å². The van der Waals surface area contributed by atoms with E-state index in [0.717, 1.165) is 33.6 Å². The SMILES string of the molecule is CCOc1cc2nc(C(=S=O)c3c(N(C)C)cc(C)c(OC)c3C)[nH]c2cc1OCC. The highest BCUT2D eigenvalue weighted by atomic mass is 32.1. The molecule has 2 aromatic carbocycles. The summed E-state index contributed by atoms with van der Waals surface area (Å²) in [4.78, 5) is 10.5. The molecule has 0 saturated heterocycles. The van der Waals surface area contributed by atoms with Crippen LogP contribution in [0.5, 0.6) is 17.2 Å². The molecule has 8 heteroatoms. The number of aromatic amines is 1. The van der Waals surface area contributed by atoms with E-state index in [1.807, 2.05) is 64.9 Å². The molecule has 1 N–H and O–H groups in total. The topological polar surface area (TPSA) is 76.7 Å². The van der Waals surface area contributed by atoms with Crippen molar-refractivity contribution in [1.82, 2.24) is 9.97 Å². The molecule has 0 aliphatic heterocycles. The van der Waals surface area contributed by atoms with Gasteiger partial charge in [0.25, 0.3) is 0 Å². The molecule has 0 aliphatic carbocycles. The van der Waals surface area contributed by atoms with Crippen molar-refractivity contribution >= 4 is 32.8 Å². The minimum Gasteiger partial charge on any atom is -0.496 e. The number of rotatable bonds is 8. The average molecular weight is 444 g/mol. The minimum absolute atomic E-state index is 0.419. The van der Waals surface area contributed by atoms with Crippen molar-refractivity contribution in [2.45, 2.75) is 27.7 Å². The predicted molar refractivity (Wildman–Crippen MR) is 127 cm³/mol. The van der Waals surface area contributed by atoms with Crippen molar-refractivity contribution in [3.8, 4) is 17.2 Å². The first-order valence-electron chi connectivity index (χ1n) is 10.2. The van der Waals surface area contributed by atoms with E-state index >= 15 is 0 Å². The van der Waals surface area contributed by atoms with Gasteiger partial charge in [-0.25, -0.2) is 9.19 Å². The fourth-order valence-electron chi connectivity index (χ4n) is 3.76. The molecule has 0 saturated carbocycles. The van der Waals surface area contributed by atoms with Crippen LogP contribution < -0.4 is 19.1 Å². The summed E-state index contributed by atoms with van der Waals surface area (Å²) in [6.07, 6.45) is 0. The van der Waals surface area contributed by atoms with Crippen LogP contribution in [0.25, 0.3) is 11.0 Å². The molecule has 0 atom stereocenters. The normalized spacial score (nSPS) is 10.8. The highest BCUT2D eigenvalue weighted by Crippen LogP contribution is 2.36. The van der Waals surface area contributed by atoms with E-state index in [-0.39, 0.29) is 0 Å². The molecule has 0 aliphatic rings. The van der Waals surface area contributed by atoms with Crippen molar-refractivity contribution in [3.63, 3.8) is 0 Å². The number of aromatic nitrogens is 2. The van der Waals surface area contributed by atoms with Gasteiger partial charge in [-0.1, -0.05) is 0 Å². The summed E-state index contributed by atoms with van der Waals surface area (Å²) in [5.41, 5.74) is 5.12. The maximum atomic E-state index is 12.4. The Bertz CT molecular complexity index is 1120. The van der Waals surface area contributed by atoms with Crippen LogP contribution in [-0.2, 0) is 11.3 Å².